The van der Waals surface area contributed by atoms with E-state index in [1.54, 1.807) is 6.07 Å². The highest BCUT2D eigenvalue weighted by Gasteiger charge is 2.49. The first kappa shape index (κ1) is 24.5. The molecule has 0 saturated carbocycles. The van der Waals surface area contributed by atoms with Crippen LogP contribution in [0.4, 0.5) is 19.3 Å². The van der Waals surface area contributed by atoms with E-state index < -0.39 is 23.3 Å². The number of hydrogen-bond donors (Lipinski definition) is 2. The Morgan fingerprint density at radius 3 is 2.81 bits per heavy atom. The molecule has 1 saturated heterocycles. The van der Waals surface area contributed by atoms with Crippen molar-refractivity contribution in [2.45, 2.75) is 38.2 Å². The summed E-state index contributed by atoms with van der Waals surface area (Å²) in [5.41, 5.74) is 0.483. The predicted octanol–water partition coefficient (Wildman–Crippen LogP) is 5.84. The smallest absolute Gasteiger partial charge is 0.412 e. The summed E-state index contributed by atoms with van der Waals surface area (Å²) in [6.45, 7) is 2.22. The van der Waals surface area contributed by atoms with Gasteiger partial charge >= 0.3 is 6.09 Å². The Bertz CT molecular complexity index is 1360. The zero-order valence-electron chi connectivity index (χ0n) is 19.3. The Morgan fingerprint density at radius 1 is 1.25 bits per heavy atom. The van der Waals surface area contributed by atoms with Gasteiger partial charge in [-0.25, -0.2) is 18.6 Å². The third-order valence-corrected chi connectivity index (χ3v) is 7.01. The molecule has 0 bridgehead atoms. The van der Waals surface area contributed by atoms with E-state index in [4.69, 9.17) is 27.9 Å². The van der Waals surface area contributed by atoms with E-state index in [0.717, 1.165) is 0 Å². The van der Waals surface area contributed by atoms with Crippen LogP contribution in [-0.2, 0) is 23.2 Å². The van der Waals surface area contributed by atoms with Gasteiger partial charge in [-0.15, -0.1) is 0 Å². The minimum atomic E-state index is -1.37. The maximum atomic E-state index is 15.2. The molecular weight excluding hydrogens is 513 g/mol. The number of rotatable bonds is 4. The van der Waals surface area contributed by atoms with E-state index in [-0.39, 0.29) is 45.9 Å². The number of carbonyl (C=O) groups is 2. The molecule has 1 aromatic heterocycles. The van der Waals surface area contributed by atoms with Crippen molar-refractivity contribution in [3.05, 3.63) is 80.4 Å². The number of amides is 2. The Kier molecular flexibility index (Phi) is 6.38. The summed E-state index contributed by atoms with van der Waals surface area (Å²) in [7, 11) is 0. The van der Waals surface area contributed by atoms with E-state index in [9.17, 15) is 14.0 Å². The zero-order valence-corrected chi connectivity index (χ0v) is 20.8. The Morgan fingerprint density at radius 2 is 2.06 bits per heavy atom. The highest BCUT2D eigenvalue weighted by atomic mass is 35.5. The molecule has 0 radical (unpaired) electrons. The van der Waals surface area contributed by atoms with Crippen LogP contribution in [0.1, 0.15) is 52.9 Å². The summed E-state index contributed by atoms with van der Waals surface area (Å²) in [6.07, 6.45) is 0.848. The van der Waals surface area contributed by atoms with Gasteiger partial charge in [-0.05, 0) is 55.2 Å². The number of ether oxygens (including phenoxy) is 1. The number of aromatic nitrogens is 2. The maximum Gasteiger partial charge on any atom is 0.412 e. The molecule has 1 spiro atoms. The lowest BCUT2D eigenvalue weighted by molar-refractivity contribution is -0.0419. The van der Waals surface area contributed by atoms with Crippen molar-refractivity contribution in [3.63, 3.8) is 0 Å². The van der Waals surface area contributed by atoms with Gasteiger partial charge in [-0.2, -0.15) is 0 Å². The van der Waals surface area contributed by atoms with Crippen LogP contribution in [0.25, 0.3) is 0 Å². The topological polar surface area (TPSA) is 87.3 Å². The standard InChI is InChI=1S/C25H22Cl2F2N4O3/c1-2-17-22(32-19(30-17)10-13-8-14(26)11-15(28)9-13)23(34)33-7-3-6-25(12-33)20-18(31-24(35)36-25)5-4-16(27)21(20)29/h4-5,8-9,11H,2-3,6-7,10,12H2,1H3,(H,30,32)(H,31,35)/t25-/m0/s1. The Labute approximate surface area is 215 Å². The minimum Gasteiger partial charge on any atom is -0.436 e. The molecule has 0 unspecified atom stereocenters. The molecule has 1 atom stereocenters. The van der Waals surface area contributed by atoms with Gasteiger partial charge in [-0.1, -0.05) is 30.1 Å². The highest BCUT2D eigenvalue weighted by Crippen LogP contribution is 2.45. The van der Waals surface area contributed by atoms with E-state index in [0.29, 0.717) is 42.9 Å². The number of hydrogen-bond acceptors (Lipinski definition) is 4. The third-order valence-electron chi connectivity index (χ3n) is 6.50. The lowest BCUT2D eigenvalue weighted by Gasteiger charge is -2.45. The summed E-state index contributed by atoms with van der Waals surface area (Å²) in [5, 5.41) is 2.68. The van der Waals surface area contributed by atoms with E-state index >= 15 is 4.39 Å². The molecule has 2 N–H and O–H groups in total. The fourth-order valence-electron chi connectivity index (χ4n) is 4.98. The number of H-pyrrole nitrogens is 1. The number of aryl methyl sites for hydroxylation is 1. The largest absolute Gasteiger partial charge is 0.436 e. The van der Waals surface area contributed by atoms with E-state index in [1.165, 1.54) is 29.2 Å². The Hall–Kier alpha value is -3.17. The SMILES string of the molecule is CCc1[nH]c(Cc2cc(F)cc(Cl)c2)nc1C(=O)N1CCC[C@@]2(C1)OC(=O)Nc1ccc(Cl)c(F)c12. The van der Waals surface area contributed by atoms with Crippen molar-refractivity contribution in [1.29, 1.82) is 0 Å². The quantitative estimate of drug-likeness (QED) is 0.440. The van der Waals surface area contributed by atoms with Gasteiger partial charge in [0, 0.05) is 23.7 Å². The van der Waals surface area contributed by atoms with Gasteiger partial charge < -0.3 is 14.6 Å². The molecule has 3 heterocycles. The van der Waals surface area contributed by atoms with Crippen LogP contribution < -0.4 is 5.32 Å². The molecule has 7 nitrogen and oxygen atoms in total. The number of aromatic amines is 1. The number of nitrogens with zero attached hydrogens (tertiary/aromatic N) is 2. The molecule has 11 heteroatoms. The summed E-state index contributed by atoms with van der Waals surface area (Å²) in [6, 6.07) is 7.10. The van der Waals surface area contributed by atoms with E-state index in [1.807, 2.05) is 6.92 Å². The normalized spacial score (nSPS) is 19.1. The fourth-order valence-corrected chi connectivity index (χ4v) is 5.39. The first-order valence-electron chi connectivity index (χ1n) is 11.5. The molecule has 0 aliphatic carbocycles. The van der Waals surface area contributed by atoms with Crippen LogP contribution in [0.3, 0.4) is 0 Å². The monoisotopic (exact) mass is 534 g/mol. The van der Waals surface area contributed by atoms with Gasteiger partial charge in [0.25, 0.3) is 5.91 Å². The molecule has 2 aliphatic rings. The second-order valence-electron chi connectivity index (χ2n) is 8.94. The number of benzene rings is 2. The average molecular weight is 535 g/mol. The number of anilines is 1. The lowest BCUT2D eigenvalue weighted by Crippen LogP contribution is -2.53. The van der Waals surface area contributed by atoms with Crippen molar-refractivity contribution in [2.75, 3.05) is 18.4 Å². The van der Waals surface area contributed by atoms with Crippen LogP contribution in [-0.4, -0.2) is 40.0 Å². The van der Waals surface area contributed by atoms with Gasteiger partial charge in [0.2, 0.25) is 0 Å². The van der Waals surface area contributed by atoms with Crippen molar-refractivity contribution in [2.24, 2.45) is 0 Å². The number of piperidine rings is 1. The molecule has 188 valence electrons. The van der Waals surface area contributed by atoms with Crippen LogP contribution in [0.15, 0.2) is 30.3 Å². The number of nitrogens with one attached hydrogen (secondary N) is 2. The van der Waals surface area contributed by atoms with Crippen molar-refractivity contribution >= 4 is 40.9 Å². The summed E-state index contributed by atoms with van der Waals surface area (Å²) < 4.78 is 34.6. The molecule has 2 aromatic carbocycles. The van der Waals surface area contributed by atoms with Gasteiger partial charge in [0.15, 0.2) is 11.4 Å². The molecule has 1 fully saturated rings. The minimum absolute atomic E-state index is 0.0473. The van der Waals surface area contributed by atoms with Crippen LogP contribution in [0.5, 0.6) is 0 Å². The summed E-state index contributed by atoms with van der Waals surface area (Å²) in [5.74, 6) is -1.03. The number of carbonyl (C=O) groups excluding carboxylic acids is 2. The van der Waals surface area contributed by atoms with Crippen LogP contribution in [0, 0.1) is 11.6 Å². The number of halogens is 4. The van der Waals surface area contributed by atoms with E-state index in [2.05, 4.69) is 15.3 Å². The molecule has 3 aromatic rings. The molecular formula is C25H22Cl2F2N4O3. The van der Waals surface area contributed by atoms with Gasteiger partial charge in [0.05, 0.1) is 22.8 Å². The van der Waals surface area contributed by atoms with Crippen molar-refractivity contribution in [3.8, 4) is 0 Å². The predicted molar refractivity (Wildman–Crippen MR) is 131 cm³/mol. The number of likely N-dealkylation sites (tertiary alicyclic amines) is 1. The first-order valence-corrected chi connectivity index (χ1v) is 12.2. The average Bonchev–Trinajstić information content (AvgIpc) is 3.22. The zero-order chi connectivity index (χ0) is 25.6. The highest BCUT2D eigenvalue weighted by molar-refractivity contribution is 6.31. The molecule has 2 aliphatic heterocycles. The van der Waals surface area contributed by atoms with Crippen LogP contribution in [0.2, 0.25) is 10.0 Å². The lowest BCUT2D eigenvalue weighted by atomic mass is 9.83. The maximum absolute atomic E-state index is 15.2. The third kappa shape index (κ3) is 4.41. The van der Waals surface area contributed by atoms with Crippen LogP contribution >= 0.6 is 23.2 Å². The fraction of sp³-hybridized carbons (Fsp3) is 0.320. The second kappa shape index (κ2) is 9.37. The van der Waals surface area contributed by atoms with Crippen molar-refractivity contribution < 1.29 is 23.1 Å². The van der Waals surface area contributed by atoms with Gasteiger partial charge in [0.1, 0.15) is 17.3 Å². The second-order valence-corrected chi connectivity index (χ2v) is 9.79. The molecule has 2 amide bonds. The number of imidazole rings is 1. The number of fused-ring (bicyclic) bond motifs is 2. The summed E-state index contributed by atoms with van der Waals surface area (Å²) in [4.78, 5) is 35.1. The molecule has 5 rings (SSSR count). The van der Waals surface area contributed by atoms with Crippen molar-refractivity contribution in [1.82, 2.24) is 14.9 Å². The Balaban J connectivity index is 1.45. The van der Waals surface area contributed by atoms with Gasteiger partial charge in [-0.3, -0.25) is 10.1 Å². The summed E-state index contributed by atoms with van der Waals surface area (Å²) >= 11 is 12.0. The first-order chi connectivity index (χ1) is 17.2. The molecule has 36 heavy (non-hydrogen) atoms.